The first-order valence-corrected chi connectivity index (χ1v) is 7.68. The summed E-state index contributed by atoms with van der Waals surface area (Å²) in [6, 6.07) is 4.51. The zero-order chi connectivity index (χ0) is 14.5. The number of nitrogens with zero attached hydrogens (tertiary/aromatic N) is 2. The molecule has 1 heterocycles. The first-order chi connectivity index (χ1) is 9.63. The molecule has 2 aromatic rings. The third kappa shape index (κ3) is 3.44. The lowest BCUT2D eigenvalue weighted by Crippen LogP contribution is -2.24. The molecule has 0 aliphatic carbocycles. The van der Waals surface area contributed by atoms with E-state index in [1.807, 2.05) is 6.20 Å². The zero-order valence-electron chi connectivity index (χ0n) is 12.2. The number of halogens is 1. The monoisotopic (exact) mass is 333 g/mol. The molecule has 1 aromatic heterocycles. The highest BCUT2D eigenvalue weighted by Crippen LogP contribution is 2.28. The molecule has 20 heavy (non-hydrogen) atoms. The minimum Gasteiger partial charge on any atom is -0.305 e. The highest BCUT2D eigenvalue weighted by Gasteiger charge is 2.16. The molecule has 106 valence electrons. The molecule has 1 atom stereocenters. The molecule has 0 amide bonds. The average molecular weight is 334 g/mol. The number of nitrogens with one attached hydrogen (secondary N) is 1. The topological polar surface area (TPSA) is 37.8 Å². The van der Waals surface area contributed by atoms with Crippen molar-refractivity contribution in [2.45, 2.75) is 33.2 Å². The molecular weight excluding hydrogens is 314 g/mol. The van der Waals surface area contributed by atoms with Crippen molar-refractivity contribution in [1.29, 1.82) is 0 Å². The molecule has 0 bridgehead atoms. The lowest BCUT2D eigenvalue weighted by atomic mass is 9.99. The summed E-state index contributed by atoms with van der Waals surface area (Å²) in [5.41, 5.74) is 4.68. The third-order valence-electron chi connectivity index (χ3n) is 3.27. The van der Waals surface area contributed by atoms with Gasteiger partial charge in [-0.3, -0.25) is 9.97 Å². The molecular formula is C16H20BrN3. The quantitative estimate of drug-likeness (QED) is 0.900. The van der Waals surface area contributed by atoms with E-state index in [9.17, 15) is 0 Å². The minimum absolute atomic E-state index is 0.0918. The largest absolute Gasteiger partial charge is 0.305 e. The van der Waals surface area contributed by atoms with E-state index >= 15 is 0 Å². The molecule has 0 fully saturated rings. The van der Waals surface area contributed by atoms with Crippen molar-refractivity contribution in [3.05, 3.63) is 57.6 Å². The van der Waals surface area contributed by atoms with Gasteiger partial charge in [-0.2, -0.15) is 0 Å². The van der Waals surface area contributed by atoms with Crippen LogP contribution in [0, 0.1) is 13.8 Å². The normalized spacial score (nSPS) is 12.4. The van der Waals surface area contributed by atoms with Gasteiger partial charge in [-0.05, 0) is 43.5 Å². The van der Waals surface area contributed by atoms with E-state index in [0.717, 1.165) is 18.7 Å². The van der Waals surface area contributed by atoms with Crippen LogP contribution in [-0.2, 0) is 0 Å². The fraction of sp³-hybridized carbons (Fsp3) is 0.375. The third-order valence-corrected chi connectivity index (χ3v) is 4.52. The highest BCUT2D eigenvalue weighted by atomic mass is 79.9. The van der Waals surface area contributed by atoms with Gasteiger partial charge in [-0.15, -0.1) is 0 Å². The lowest BCUT2D eigenvalue weighted by Gasteiger charge is -2.20. The molecule has 2 rings (SSSR count). The summed E-state index contributed by atoms with van der Waals surface area (Å²) >= 11 is 3.62. The first kappa shape index (κ1) is 15.1. The second kappa shape index (κ2) is 6.95. The number of benzene rings is 1. The molecule has 0 spiro atoms. The van der Waals surface area contributed by atoms with Crippen molar-refractivity contribution in [3.63, 3.8) is 0 Å². The van der Waals surface area contributed by atoms with Crippen LogP contribution in [0.2, 0.25) is 0 Å². The predicted molar refractivity (Wildman–Crippen MR) is 85.8 cm³/mol. The maximum atomic E-state index is 4.45. The molecule has 1 unspecified atom stereocenters. The van der Waals surface area contributed by atoms with E-state index in [1.165, 1.54) is 21.2 Å². The van der Waals surface area contributed by atoms with Gasteiger partial charge >= 0.3 is 0 Å². The van der Waals surface area contributed by atoms with Crippen LogP contribution in [0.1, 0.15) is 41.8 Å². The molecule has 1 N–H and O–H groups in total. The van der Waals surface area contributed by atoms with Crippen molar-refractivity contribution in [3.8, 4) is 0 Å². The molecule has 0 aliphatic heterocycles. The second-order valence-electron chi connectivity index (χ2n) is 4.99. The SMILES string of the molecule is CCCNC(c1cc(C)c(Br)c(C)c1)c1cnccn1. The maximum absolute atomic E-state index is 4.45. The van der Waals surface area contributed by atoms with Crippen LogP contribution >= 0.6 is 15.9 Å². The Morgan fingerprint density at radius 3 is 2.45 bits per heavy atom. The maximum Gasteiger partial charge on any atom is 0.0801 e. The van der Waals surface area contributed by atoms with Crippen LogP contribution in [0.15, 0.2) is 35.2 Å². The van der Waals surface area contributed by atoms with Crippen LogP contribution in [0.25, 0.3) is 0 Å². The summed E-state index contributed by atoms with van der Waals surface area (Å²) in [5, 5.41) is 3.56. The van der Waals surface area contributed by atoms with E-state index in [-0.39, 0.29) is 6.04 Å². The summed E-state index contributed by atoms with van der Waals surface area (Å²) in [6.07, 6.45) is 6.37. The van der Waals surface area contributed by atoms with E-state index in [1.54, 1.807) is 12.4 Å². The lowest BCUT2D eigenvalue weighted by molar-refractivity contribution is 0.583. The predicted octanol–water partition coefficient (Wildman–Crippen LogP) is 3.94. The molecule has 4 heteroatoms. The molecule has 0 radical (unpaired) electrons. The van der Waals surface area contributed by atoms with Crippen molar-refractivity contribution in [1.82, 2.24) is 15.3 Å². The van der Waals surface area contributed by atoms with Crippen LogP contribution in [0.3, 0.4) is 0 Å². The first-order valence-electron chi connectivity index (χ1n) is 6.89. The smallest absolute Gasteiger partial charge is 0.0801 e. The fourth-order valence-corrected chi connectivity index (χ4v) is 2.52. The summed E-state index contributed by atoms with van der Waals surface area (Å²) in [4.78, 5) is 8.64. The Balaban J connectivity index is 2.41. The van der Waals surface area contributed by atoms with Crippen molar-refractivity contribution >= 4 is 15.9 Å². The molecule has 3 nitrogen and oxygen atoms in total. The van der Waals surface area contributed by atoms with Crippen LogP contribution < -0.4 is 5.32 Å². The number of aromatic nitrogens is 2. The summed E-state index contributed by atoms with van der Waals surface area (Å²) in [5.74, 6) is 0. The fourth-order valence-electron chi connectivity index (χ4n) is 2.29. The molecule has 0 saturated carbocycles. The molecule has 0 aliphatic rings. The highest BCUT2D eigenvalue weighted by molar-refractivity contribution is 9.10. The van der Waals surface area contributed by atoms with Gasteiger partial charge in [0.2, 0.25) is 0 Å². The van der Waals surface area contributed by atoms with Gasteiger partial charge in [0.05, 0.1) is 17.9 Å². The number of aryl methyl sites for hydroxylation is 2. The summed E-state index contributed by atoms with van der Waals surface area (Å²) < 4.78 is 1.18. The Morgan fingerprint density at radius 2 is 1.90 bits per heavy atom. The minimum atomic E-state index is 0.0918. The van der Waals surface area contributed by atoms with Crippen LogP contribution in [0.5, 0.6) is 0 Å². The van der Waals surface area contributed by atoms with Gasteiger partial charge in [-0.1, -0.05) is 35.0 Å². The van der Waals surface area contributed by atoms with E-state index in [2.05, 4.69) is 64.1 Å². The van der Waals surface area contributed by atoms with E-state index < -0.39 is 0 Å². The summed E-state index contributed by atoms with van der Waals surface area (Å²) in [7, 11) is 0. The Kier molecular flexibility index (Phi) is 5.26. The van der Waals surface area contributed by atoms with Gasteiger partial charge in [0.1, 0.15) is 0 Å². The van der Waals surface area contributed by atoms with Gasteiger partial charge in [0.25, 0.3) is 0 Å². The van der Waals surface area contributed by atoms with Gasteiger partial charge in [-0.25, -0.2) is 0 Å². The molecule has 1 aromatic carbocycles. The molecule has 0 saturated heterocycles. The number of rotatable bonds is 5. The summed E-state index contributed by atoms with van der Waals surface area (Å²) in [6.45, 7) is 7.36. The number of hydrogen-bond donors (Lipinski definition) is 1. The van der Waals surface area contributed by atoms with Gasteiger partial charge in [0.15, 0.2) is 0 Å². The van der Waals surface area contributed by atoms with E-state index in [4.69, 9.17) is 0 Å². The Morgan fingerprint density at radius 1 is 1.20 bits per heavy atom. The zero-order valence-corrected chi connectivity index (χ0v) is 13.7. The van der Waals surface area contributed by atoms with Crippen molar-refractivity contribution in [2.75, 3.05) is 6.54 Å². The average Bonchev–Trinajstić information content (AvgIpc) is 2.46. The number of hydrogen-bond acceptors (Lipinski definition) is 3. The standard InChI is InChI=1S/C16H20BrN3/c1-4-5-20-16(14-10-18-6-7-19-14)13-8-11(2)15(17)12(3)9-13/h6-10,16,20H,4-5H2,1-3H3. The van der Waals surface area contributed by atoms with E-state index in [0.29, 0.717) is 0 Å². The Hall–Kier alpha value is -1.26. The van der Waals surface area contributed by atoms with Crippen LogP contribution in [-0.4, -0.2) is 16.5 Å². The Bertz CT molecular complexity index is 546. The van der Waals surface area contributed by atoms with Crippen molar-refractivity contribution < 1.29 is 0 Å². The van der Waals surface area contributed by atoms with Crippen LogP contribution in [0.4, 0.5) is 0 Å². The Labute approximate surface area is 129 Å². The van der Waals surface area contributed by atoms with Crippen molar-refractivity contribution in [2.24, 2.45) is 0 Å². The van der Waals surface area contributed by atoms with Gasteiger partial charge in [0, 0.05) is 16.9 Å². The second-order valence-corrected chi connectivity index (χ2v) is 5.78. The van der Waals surface area contributed by atoms with Gasteiger partial charge < -0.3 is 5.32 Å².